The molecule has 10 heteroatoms. The fourth-order valence-electron chi connectivity index (χ4n) is 3.96. The van der Waals surface area contributed by atoms with Gasteiger partial charge in [-0.2, -0.15) is 13.2 Å². The summed E-state index contributed by atoms with van der Waals surface area (Å²) in [5.41, 5.74) is -0.101. The highest BCUT2D eigenvalue weighted by Crippen LogP contribution is 2.36. The number of hydrogen-bond acceptors (Lipinski definition) is 4. The number of anilines is 1. The standard InChI is InChI=1S/C22H23F5N4O/c1-21(23,24)13-14-12-15(22(25,26)27)6-7-17(14)19-18-5-2-9-31(18)20(30-29-19)28-16-4-3-10-32-11-8-16/h2,5-7,9,12,16H,3-4,8,10-11,13H2,1H3,(H,28,30)/t16-/m0/s1. The SMILES string of the molecule is CC(F)(F)Cc1cc(C(F)(F)F)ccc1-c1nnc(N[C@H]2CCCOCC2)n2cccc12. The highest BCUT2D eigenvalue weighted by Gasteiger charge is 2.33. The summed E-state index contributed by atoms with van der Waals surface area (Å²) in [5.74, 6) is -2.71. The maximum Gasteiger partial charge on any atom is 0.416 e. The Kier molecular flexibility index (Phi) is 6.07. The van der Waals surface area contributed by atoms with E-state index in [1.165, 1.54) is 6.07 Å². The molecule has 0 saturated carbocycles. The number of hydrogen-bond donors (Lipinski definition) is 1. The first-order valence-corrected chi connectivity index (χ1v) is 10.4. The lowest BCUT2D eigenvalue weighted by molar-refractivity contribution is -0.137. The lowest BCUT2D eigenvalue weighted by Crippen LogP contribution is -2.22. The summed E-state index contributed by atoms with van der Waals surface area (Å²) < 4.78 is 74.4. The molecule has 0 unspecified atom stereocenters. The summed E-state index contributed by atoms with van der Waals surface area (Å²) in [6.07, 6.45) is -1.10. The van der Waals surface area contributed by atoms with Gasteiger partial charge in [-0.05, 0) is 56.0 Å². The predicted molar refractivity (Wildman–Crippen MR) is 110 cm³/mol. The van der Waals surface area contributed by atoms with Crippen molar-refractivity contribution in [3.05, 3.63) is 47.7 Å². The van der Waals surface area contributed by atoms with Crippen LogP contribution < -0.4 is 5.32 Å². The van der Waals surface area contributed by atoms with E-state index in [2.05, 4.69) is 15.5 Å². The van der Waals surface area contributed by atoms with Crippen LogP contribution in [0.25, 0.3) is 16.8 Å². The molecule has 4 rings (SSSR count). The van der Waals surface area contributed by atoms with Crippen molar-refractivity contribution >= 4 is 11.5 Å². The molecule has 1 fully saturated rings. The molecule has 1 N–H and O–H groups in total. The van der Waals surface area contributed by atoms with E-state index in [-0.39, 0.29) is 22.9 Å². The Morgan fingerprint density at radius 2 is 1.91 bits per heavy atom. The first-order chi connectivity index (χ1) is 15.1. The first kappa shape index (κ1) is 22.4. The van der Waals surface area contributed by atoms with Gasteiger partial charge in [-0.1, -0.05) is 6.07 Å². The third-order valence-electron chi connectivity index (χ3n) is 5.44. The minimum Gasteiger partial charge on any atom is -0.381 e. The maximum absolute atomic E-state index is 13.8. The Hall–Kier alpha value is -2.75. The summed E-state index contributed by atoms with van der Waals surface area (Å²) in [6.45, 7) is 2.03. The van der Waals surface area contributed by atoms with Crippen molar-refractivity contribution in [3.63, 3.8) is 0 Å². The third-order valence-corrected chi connectivity index (χ3v) is 5.44. The van der Waals surface area contributed by atoms with E-state index in [1.807, 2.05) is 0 Å². The van der Waals surface area contributed by atoms with Crippen molar-refractivity contribution in [2.45, 2.75) is 50.7 Å². The number of aromatic nitrogens is 3. The van der Waals surface area contributed by atoms with Crippen molar-refractivity contribution in [1.29, 1.82) is 0 Å². The maximum atomic E-state index is 13.8. The Labute approximate surface area is 181 Å². The molecule has 2 aromatic heterocycles. The van der Waals surface area contributed by atoms with Gasteiger partial charge < -0.3 is 10.1 Å². The molecular weight excluding hydrogens is 431 g/mol. The van der Waals surface area contributed by atoms with Gasteiger partial charge in [0.15, 0.2) is 0 Å². The monoisotopic (exact) mass is 454 g/mol. The molecule has 32 heavy (non-hydrogen) atoms. The molecule has 0 bridgehead atoms. The smallest absolute Gasteiger partial charge is 0.381 e. The second-order valence-corrected chi connectivity index (χ2v) is 8.14. The molecule has 0 aliphatic carbocycles. The summed E-state index contributed by atoms with van der Waals surface area (Å²) in [5, 5.41) is 11.8. The van der Waals surface area contributed by atoms with Gasteiger partial charge in [0, 0.05) is 37.4 Å². The number of nitrogens with one attached hydrogen (secondary N) is 1. The third kappa shape index (κ3) is 5.01. The largest absolute Gasteiger partial charge is 0.416 e. The number of ether oxygens (including phenoxy) is 1. The fraction of sp³-hybridized carbons (Fsp3) is 0.455. The van der Waals surface area contributed by atoms with Crippen LogP contribution in [0.5, 0.6) is 0 Å². The molecule has 3 heterocycles. The number of alkyl halides is 5. The quantitative estimate of drug-likeness (QED) is 0.511. The normalized spacial score (nSPS) is 18.0. The molecule has 5 nitrogen and oxygen atoms in total. The average molecular weight is 454 g/mol. The van der Waals surface area contributed by atoms with Gasteiger partial charge >= 0.3 is 6.18 Å². The van der Waals surface area contributed by atoms with Crippen molar-refractivity contribution in [2.75, 3.05) is 18.5 Å². The van der Waals surface area contributed by atoms with Crippen molar-refractivity contribution < 1.29 is 26.7 Å². The lowest BCUT2D eigenvalue weighted by Gasteiger charge is -2.19. The summed E-state index contributed by atoms with van der Waals surface area (Å²) >= 11 is 0. The van der Waals surface area contributed by atoms with Gasteiger partial charge in [0.05, 0.1) is 11.1 Å². The first-order valence-electron chi connectivity index (χ1n) is 10.4. The van der Waals surface area contributed by atoms with Crippen LogP contribution in [0.3, 0.4) is 0 Å². The molecule has 1 saturated heterocycles. The molecule has 1 aliphatic rings. The van der Waals surface area contributed by atoms with Crippen LogP contribution in [0.2, 0.25) is 0 Å². The number of halogens is 5. The molecule has 0 spiro atoms. The molecule has 172 valence electrons. The van der Waals surface area contributed by atoms with Gasteiger partial charge in [0.25, 0.3) is 0 Å². The zero-order valence-corrected chi connectivity index (χ0v) is 17.4. The number of nitrogens with zero attached hydrogens (tertiary/aromatic N) is 3. The van der Waals surface area contributed by atoms with Gasteiger partial charge in [-0.15, -0.1) is 10.2 Å². The van der Waals surface area contributed by atoms with Crippen LogP contribution in [-0.2, 0) is 17.3 Å². The molecule has 3 aromatic rings. The van der Waals surface area contributed by atoms with Crippen molar-refractivity contribution in [2.24, 2.45) is 0 Å². The van der Waals surface area contributed by atoms with Crippen LogP contribution in [-0.4, -0.2) is 39.8 Å². The predicted octanol–water partition coefficient (Wildman–Crippen LogP) is 5.59. The average Bonchev–Trinajstić information content (AvgIpc) is 3.05. The second-order valence-electron chi connectivity index (χ2n) is 8.14. The van der Waals surface area contributed by atoms with Gasteiger partial charge in [-0.3, -0.25) is 4.40 Å². The molecule has 1 aliphatic heterocycles. The van der Waals surface area contributed by atoms with Crippen LogP contribution >= 0.6 is 0 Å². The minimum absolute atomic E-state index is 0.133. The Balaban J connectivity index is 1.76. The number of benzene rings is 1. The zero-order valence-electron chi connectivity index (χ0n) is 17.4. The minimum atomic E-state index is -4.64. The van der Waals surface area contributed by atoms with Gasteiger partial charge in [-0.25, -0.2) is 8.78 Å². The van der Waals surface area contributed by atoms with E-state index in [4.69, 9.17) is 4.74 Å². The fourth-order valence-corrected chi connectivity index (χ4v) is 3.96. The Morgan fingerprint density at radius 1 is 1.09 bits per heavy atom. The van der Waals surface area contributed by atoms with E-state index < -0.39 is 24.1 Å². The molecule has 1 atom stereocenters. The topological polar surface area (TPSA) is 51.5 Å². The molecule has 0 radical (unpaired) electrons. The highest BCUT2D eigenvalue weighted by molar-refractivity contribution is 5.80. The van der Waals surface area contributed by atoms with E-state index >= 15 is 0 Å². The summed E-state index contributed by atoms with van der Waals surface area (Å²) in [7, 11) is 0. The lowest BCUT2D eigenvalue weighted by atomic mass is 9.96. The van der Waals surface area contributed by atoms with Crippen molar-refractivity contribution in [3.8, 4) is 11.3 Å². The van der Waals surface area contributed by atoms with E-state index in [1.54, 1.807) is 22.7 Å². The number of rotatable bonds is 5. The highest BCUT2D eigenvalue weighted by atomic mass is 19.4. The van der Waals surface area contributed by atoms with E-state index in [0.29, 0.717) is 31.6 Å². The second kappa shape index (κ2) is 8.65. The zero-order chi connectivity index (χ0) is 22.9. The molecular formula is C22H23F5N4O. The molecule has 1 aromatic carbocycles. The Morgan fingerprint density at radius 3 is 2.66 bits per heavy atom. The Bertz CT molecular complexity index is 1080. The number of fused-ring (bicyclic) bond motifs is 1. The van der Waals surface area contributed by atoms with E-state index in [0.717, 1.165) is 31.4 Å². The van der Waals surface area contributed by atoms with Gasteiger partial charge in [0.2, 0.25) is 11.9 Å². The van der Waals surface area contributed by atoms with Crippen LogP contribution in [0.4, 0.5) is 27.9 Å². The van der Waals surface area contributed by atoms with Crippen molar-refractivity contribution in [1.82, 2.24) is 14.6 Å². The van der Waals surface area contributed by atoms with Crippen LogP contribution in [0, 0.1) is 0 Å². The van der Waals surface area contributed by atoms with Gasteiger partial charge in [0.1, 0.15) is 5.69 Å². The van der Waals surface area contributed by atoms with Crippen LogP contribution in [0.15, 0.2) is 36.5 Å². The molecule has 0 amide bonds. The van der Waals surface area contributed by atoms with E-state index in [9.17, 15) is 22.0 Å². The summed E-state index contributed by atoms with van der Waals surface area (Å²) in [6, 6.07) is 6.47. The van der Waals surface area contributed by atoms with Crippen LogP contribution in [0.1, 0.15) is 37.3 Å². The summed E-state index contributed by atoms with van der Waals surface area (Å²) in [4.78, 5) is 0.